The summed E-state index contributed by atoms with van der Waals surface area (Å²) in [4.78, 5) is 3.93. The summed E-state index contributed by atoms with van der Waals surface area (Å²) in [7, 11) is 0. The summed E-state index contributed by atoms with van der Waals surface area (Å²) in [5.74, 6) is 0.186. The first-order valence-corrected chi connectivity index (χ1v) is 7.04. The van der Waals surface area contributed by atoms with Crippen LogP contribution >= 0.6 is 11.6 Å². The molecule has 0 amide bonds. The van der Waals surface area contributed by atoms with Crippen LogP contribution in [0.1, 0.15) is 26.3 Å². The molecule has 1 aromatic heterocycles. The molecule has 0 unspecified atom stereocenters. The molecule has 0 fully saturated rings. The number of pyridine rings is 1. The van der Waals surface area contributed by atoms with Gasteiger partial charge in [-0.2, -0.15) is 0 Å². The van der Waals surface area contributed by atoms with E-state index in [9.17, 15) is 4.39 Å². The van der Waals surface area contributed by atoms with Gasteiger partial charge in [0.1, 0.15) is 5.75 Å². The SMILES string of the molecule is CC(C)(C)NCc1cccc(F)c1Oc1cncc(Cl)c1. The van der Waals surface area contributed by atoms with Gasteiger partial charge in [-0.25, -0.2) is 4.39 Å². The number of hydrogen-bond acceptors (Lipinski definition) is 3. The summed E-state index contributed by atoms with van der Waals surface area (Å²) >= 11 is 5.86. The van der Waals surface area contributed by atoms with Crippen molar-refractivity contribution in [3.63, 3.8) is 0 Å². The Kier molecular flexibility index (Phi) is 4.80. The van der Waals surface area contributed by atoms with Gasteiger partial charge in [0.2, 0.25) is 0 Å². The van der Waals surface area contributed by atoms with Crippen LogP contribution in [-0.2, 0) is 6.54 Å². The molecule has 0 atom stereocenters. The third-order valence-corrected chi connectivity index (χ3v) is 2.96. The van der Waals surface area contributed by atoms with Crippen molar-refractivity contribution in [1.29, 1.82) is 0 Å². The van der Waals surface area contributed by atoms with Crippen LogP contribution in [0.4, 0.5) is 4.39 Å². The Balaban J connectivity index is 2.25. The van der Waals surface area contributed by atoms with E-state index in [4.69, 9.17) is 16.3 Å². The van der Waals surface area contributed by atoms with Gasteiger partial charge in [-0.15, -0.1) is 0 Å². The summed E-state index contributed by atoms with van der Waals surface area (Å²) < 4.78 is 19.7. The van der Waals surface area contributed by atoms with E-state index in [1.165, 1.54) is 18.5 Å². The molecule has 0 spiro atoms. The molecule has 0 bridgehead atoms. The van der Waals surface area contributed by atoms with Crippen LogP contribution in [0.25, 0.3) is 0 Å². The molecule has 0 saturated heterocycles. The van der Waals surface area contributed by atoms with Crippen molar-refractivity contribution in [1.82, 2.24) is 10.3 Å². The van der Waals surface area contributed by atoms with E-state index in [1.807, 2.05) is 26.8 Å². The Labute approximate surface area is 129 Å². The van der Waals surface area contributed by atoms with E-state index in [0.29, 0.717) is 17.3 Å². The summed E-state index contributed by atoms with van der Waals surface area (Å²) in [5.41, 5.74) is 0.672. The Morgan fingerprint density at radius 3 is 2.71 bits per heavy atom. The number of aromatic nitrogens is 1. The highest BCUT2D eigenvalue weighted by molar-refractivity contribution is 6.30. The van der Waals surface area contributed by atoms with Crippen molar-refractivity contribution >= 4 is 11.6 Å². The smallest absolute Gasteiger partial charge is 0.167 e. The Morgan fingerprint density at radius 2 is 2.05 bits per heavy atom. The third kappa shape index (κ3) is 4.69. The zero-order valence-electron chi connectivity index (χ0n) is 12.3. The predicted molar refractivity (Wildman–Crippen MR) is 82.3 cm³/mol. The second-order valence-electron chi connectivity index (χ2n) is 5.77. The minimum atomic E-state index is -0.414. The van der Waals surface area contributed by atoms with Crippen LogP contribution in [0.3, 0.4) is 0 Å². The van der Waals surface area contributed by atoms with Crippen LogP contribution < -0.4 is 10.1 Å². The van der Waals surface area contributed by atoms with E-state index < -0.39 is 5.82 Å². The first-order chi connectivity index (χ1) is 9.85. The summed E-state index contributed by atoms with van der Waals surface area (Å²) in [6.07, 6.45) is 3.00. The van der Waals surface area contributed by atoms with E-state index in [2.05, 4.69) is 10.3 Å². The maximum absolute atomic E-state index is 14.1. The molecule has 0 saturated carbocycles. The highest BCUT2D eigenvalue weighted by atomic mass is 35.5. The second kappa shape index (κ2) is 6.41. The molecule has 2 aromatic rings. The standard InChI is InChI=1S/C16H18ClFN2O/c1-16(2,3)20-8-11-5-4-6-14(18)15(11)21-13-7-12(17)9-19-10-13/h4-7,9-10,20H,8H2,1-3H3. The van der Waals surface area contributed by atoms with E-state index >= 15 is 0 Å². The average Bonchev–Trinajstić information content (AvgIpc) is 2.39. The molecule has 0 radical (unpaired) electrons. The van der Waals surface area contributed by atoms with Crippen LogP contribution in [0.2, 0.25) is 5.02 Å². The number of benzene rings is 1. The predicted octanol–water partition coefficient (Wildman–Crippen LogP) is 4.55. The Bertz CT molecular complexity index is 626. The van der Waals surface area contributed by atoms with Gasteiger partial charge in [-0.05, 0) is 26.8 Å². The van der Waals surface area contributed by atoms with Crippen LogP contribution in [0.15, 0.2) is 36.7 Å². The zero-order chi connectivity index (χ0) is 15.5. The largest absolute Gasteiger partial charge is 0.452 e. The fourth-order valence-electron chi connectivity index (χ4n) is 1.73. The molecule has 112 valence electrons. The van der Waals surface area contributed by atoms with Gasteiger partial charge in [0.25, 0.3) is 0 Å². The summed E-state index contributed by atoms with van der Waals surface area (Å²) in [5, 5.41) is 3.76. The normalized spacial score (nSPS) is 11.5. The lowest BCUT2D eigenvalue weighted by Gasteiger charge is -2.21. The molecule has 5 heteroatoms. The lowest BCUT2D eigenvalue weighted by molar-refractivity contribution is 0.403. The first-order valence-electron chi connectivity index (χ1n) is 6.66. The number of nitrogens with one attached hydrogen (secondary N) is 1. The number of ether oxygens (including phenoxy) is 1. The monoisotopic (exact) mass is 308 g/mol. The summed E-state index contributed by atoms with van der Waals surface area (Å²) in [6.45, 7) is 6.65. The highest BCUT2D eigenvalue weighted by Crippen LogP contribution is 2.29. The van der Waals surface area contributed by atoms with Gasteiger partial charge in [0, 0.05) is 29.9 Å². The van der Waals surface area contributed by atoms with Gasteiger partial charge < -0.3 is 10.1 Å². The van der Waals surface area contributed by atoms with Crippen LogP contribution in [0.5, 0.6) is 11.5 Å². The number of halogens is 2. The van der Waals surface area contributed by atoms with Crippen molar-refractivity contribution < 1.29 is 9.13 Å². The van der Waals surface area contributed by atoms with Crippen molar-refractivity contribution in [3.8, 4) is 11.5 Å². The Hall–Kier alpha value is -1.65. The first kappa shape index (κ1) is 15.7. The third-order valence-electron chi connectivity index (χ3n) is 2.76. The lowest BCUT2D eigenvalue weighted by atomic mass is 10.1. The molecular formula is C16H18ClFN2O. The van der Waals surface area contributed by atoms with Gasteiger partial charge in [-0.3, -0.25) is 4.98 Å². The topological polar surface area (TPSA) is 34.1 Å². The van der Waals surface area contributed by atoms with Gasteiger partial charge in [0.05, 0.1) is 11.2 Å². The minimum Gasteiger partial charge on any atom is -0.452 e. The molecule has 0 aliphatic carbocycles. The van der Waals surface area contributed by atoms with Crippen molar-refractivity contribution in [2.24, 2.45) is 0 Å². The molecule has 1 N–H and O–H groups in total. The van der Waals surface area contributed by atoms with Gasteiger partial charge in [0.15, 0.2) is 11.6 Å². The quantitative estimate of drug-likeness (QED) is 0.899. The van der Waals surface area contributed by atoms with Crippen LogP contribution in [0, 0.1) is 5.82 Å². The van der Waals surface area contributed by atoms with E-state index in [1.54, 1.807) is 12.1 Å². The molecule has 0 aliphatic heterocycles. The highest BCUT2D eigenvalue weighted by Gasteiger charge is 2.14. The molecule has 1 heterocycles. The molecule has 0 aliphatic rings. The number of nitrogens with zero attached hydrogens (tertiary/aromatic N) is 1. The maximum Gasteiger partial charge on any atom is 0.167 e. The molecule has 21 heavy (non-hydrogen) atoms. The molecule has 3 nitrogen and oxygen atoms in total. The molecular weight excluding hydrogens is 291 g/mol. The van der Waals surface area contributed by atoms with E-state index in [-0.39, 0.29) is 11.3 Å². The van der Waals surface area contributed by atoms with Crippen LogP contribution in [-0.4, -0.2) is 10.5 Å². The zero-order valence-corrected chi connectivity index (χ0v) is 13.0. The van der Waals surface area contributed by atoms with Crippen molar-refractivity contribution in [2.75, 3.05) is 0 Å². The van der Waals surface area contributed by atoms with Gasteiger partial charge >= 0.3 is 0 Å². The summed E-state index contributed by atoms with van der Waals surface area (Å²) in [6, 6.07) is 6.46. The average molecular weight is 309 g/mol. The number of hydrogen-bond donors (Lipinski definition) is 1. The number of rotatable bonds is 4. The fraction of sp³-hybridized carbons (Fsp3) is 0.312. The lowest BCUT2D eigenvalue weighted by Crippen LogP contribution is -2.35. The van der Waals surface area contributed by atoms with Crippen molar-refractivity contribution in [3.05, 3.63) is 53.1 Å². The van der Waals surface area contributed by atoms with Gasteiger partial charge in [-0.1, -0.05) is 23.7 Å². The minimum absolute atomic E-state index is 0.0683. The fourth-order valence-corrected chi connectivity index (χ4v) is 1.90. The van der Waals surface area contributed by atoms with E-state index in [0.717, 1.165) is 5.56 Å². The maximum atomic E-state index is 14.1. The van der Waals surface area contributed by atoms with Crippen molar-refractivity contribution in [2.45, 2.75) is 32.9 Å². The Morgan fingerprint density at radius 1 is 1.29 bits per heavy atom. The molecule has 1 aromatic carbocycles. The molecule has 2 rings (SSSR count). The second-order valence-corrected chi connectivity index (χ2v) is 6.21. The number of para-hydroxylation sites is 1.